The van der Waals surface area contributed by atoms with Gasteiger partial charge in [0.15, 0.2) is 16.9 Å². The van der Waals surface area contributed by atoms with Gasteiger partial charge in [-0.05, 0) is 55.2 Å². The van der Waals surface area contributed by atoms with Crippen LogP contribution in [0, 0.1) is 13.8 Å². The number of rotatable bonds is 5. The van der Waals surface area contributed by atoms with Crippen LogP contribution in [0.3, 0.4) is 0 Å². The van der Waals surface area contributed by atoms with E-state index in [1.807, 2.05) is 45.0 Å². The monoisotopic (exact) mass is 407 g/mol. The fourth-order valence-electron chi connectivity index (χ4n) is 4.32. The Hall–Kier alpha value is -3.28. The highest BCUT2D eigenvalue weighted by molar-refractivity contribution is 5.99. The van der Waals surface area contributed by atoms with Gasteiger partial charge in [0, 0.05) is 6.54 Å². The first kappa shape index (κ1) is 20.0. The molecule has 0 bridgehead atoms. The third-order valence-corrected chi connectivity index (χ3v) is 5.59. The van der Waals surface area contributed by atoms with E-state index in [-0.39, 0.29) is 17.1 Å². The van der Waals surface area contributed by atoms with Crippen LogP contribution < -0.4 is 14.9 Å². The van der Waals surface area contributed by atoms with E-state index in [1.54, 1.807) is 25.2 Å². The Morgan fingerprint density at radius 3 is 2.43 bits per heavy atom. The van der Waals surface area contributed by atoms with Gasteiger partial charge in [-0.15, -0.1) is 0 Å². The lowest BCUT2D eigenvalue weighted by Crippen LogP contribution is -2.30. The summed E-state index contributed by atoms with van der Waals surface area (Å²) in [6, 6.07) is 8.72. The molecular weight excluding hydrogens is 382 g/mol. The summed E-state index contributed by atoms with van der Waals surface area (Å²) in [6.07, 6.45) is 0.759. The zero-order valence-corrected chi connectivity index (χ0v) is 17.9. The van der Waals surface area contributed by atoms with Crippen molar-refractivity contribution < 1.29 is 18.7 Å². The molecule has 30 heavy (non-hydrogen) atoms. The number of carbonyl (C=O) groups excluding carboxylic acids is 1. The fourth-order valence-corrected chi connectivity index (χ4v) is 4.32. The molecule has 0 fully saturated rings. The topological polar surface area (TPSA) is 69.0 Å². The van der Waals surface area contributed by atoms with E-state index < -0.39 is 6.04 Å². The molecule has 0 saturated carbocycles. The normalized spacial score (nSPS) is 15.6. The highest BCUT2D eigenvalue weighted by Gasteiger charge is 2.42. The number of hydrogen-bond donors (Lipinski definition) is 0. The SMILES string of the molecule is CCCN1C(=O)c2oc3c(C)cc(C)cc3c(=O)c2C1c1ccc(OC)c(OC)c1. The second-order valence-electron chi connectivity index (χ2n) is 7.65. The Morgan fingerprint density at radius 2 is 1.77 bits per heavy atom. The lowest BCUT2D eigenvalue weighted by atomic mass is 9.97. The number of aryl methyl sites for hydroxylation is 2. The van der Waals surface area contributed by atoms with Gasteiger partial charge < -0.3 is 18.8 Å². The van der Waals surface area contributed by atoms with E-state index in [2.05, 4.69) is 0 Å². The number of benzene rings is 2. The lowest BCUT2D eigenvalue weighted by molar-refractivity contribution is 0.0728. The van der Waals surface area contributed by atoms with Gasteiger partial charge in [-0.2, -0.15) is 0 Å². The molecule has 2 heterocycles. The number of fused-ring (bicyclic) bond motifs is 2. The zero-order valence-electron chi connectivity index (χ0n) is 17.9. The minimum atomic E-state index is -0.534. The van der Waals surface area contributed by atoms with E-state index in [0.717, 1.165) is 23.1 Å². The average Bonchev–Trinajstić information content (AvgIpc) is 3.01. The average molecular weight is 407 g/mol. The van der Waals surface area contributed by atoms with Gasteiger partial charge in [0.05, 0.1) is 31.2 Å². The fraction of sp³-hybridized carbons (Fsp3) is 0.333. The minimum Gasteiger partial charge on any atom is -0.493 e. The number of amides is 1. The summed E-state index contributed by atoms with van der Waals surface area (Å²) in [5, 5.41) is 0.503. The van der Waals surface area contributed by atoms with E-state index in [1.165, 1.54) is 0 Å². The van der Waals surface area contributed by atoms with Crippen LogP contribution >= 0.6 is 0 Å². The molecule has 2 aromatic carbocycles. The number of nitrogens with zero attached hydrogens (tertiary/aromatic N) is 1. The molecule has 1 aliphatic heterocycles. The summed E-state index contributed by atoms with van der Waals surface area (Å²) in [5.74, 6) is 1.01. The van der Waals surface area contributed by atoms with E-state index in [0.29, 0.717) is 34.6 Å². The van der Waals surface area contributed by atoms with Crippen LogP contribution in [0.5, 0.6) is 11.5 Å². The van der Waals surface area contributed by atoms with Gasteiger partial charge in [0.2, 0.25) is 5.76 Å². The molecule has 3 aromatic rings. The highest BCUT2D eigenvalue weighted by Crippen LogP contribution is 2.41. The van der Waals surface area contributed by atoms with Crippen molar-refractivity contribution in [3.8, 4) is 11.5 Å². The molecule has 0 radical (unpaired) electrons. The molecule has 0 saturated heterocycles. The second-order valence-corrected chi connectivity index (χ2v) is 7.65. The molecule has 6 nitrogen and oxygen atoms in total. The van der Waals surface area contributed by atoms with Crippen molar-refractivity contribution in [3.05, 3.63) is 68.6 Å². The molecular formula is C24H25NO5. The Morgan fingerprint density at radius 1 is 1.03 bits per heavy atom. The van der Waals surface area contributed by atoms with Crippen LogP contribution in [0.15, 0.2) is 39.5 Å². The molecule has 1 atom stereocenters. The van der Waals surface area contributed by atoms with Crippen molar-refractivity contribution in [3.63, 3.8) is 0 Å². The van der Waals surface area contributed by atoms with Gasteiger partial charge in [0.1, 0.15) is 5.58 Å². The molecule has 4 rings (SSSR count). The van der Waals surface area contributed by atoms with Crippen LogP contribution in [0.2, 0.25) is 0 Å². The number of ether oxygens (including phenoxy) is 2. The first-order valence-electron chi connectivity index (χ1n) is 10.0. The summed E-state index contributed by atoms with van der Waals surface area (Å²) in [6.45, 7) is 6.34. The molecule has 0 spiro atoms. The Bertz CT molecular complexity index is 1210. The predicted molar refractivity (Wildman–Crippen MR) is 115 cm³/mol. The number of methoxy groups -OCH3 is 2. The summed E-state index contributed by atoms with van der Waals surface area (Å²) >= 11 is 0. The van der Waals surface area contributed by atoms with Crippen LogP contribution in [0.1, 0.15) is 52.2 Å². The van der Waals surface area contributed by atoms with Gasteiger partial charge in [-0.3, -0.25) is 9.59 Å². The molecule has 0 N–H and O–H groups in total. The van der Waals surface area contributed by atoms with Crippen LogP contribution in [0.4, 0.5) is 0 Å². The molecule has 1 aliphatic rings. The zero-order chi connectivity index (χ0) is 21.6. The summed E-state index contributed by atoms with van der Waals surface area (Å²) in [7, 11) is 3.13. The minimum absolute atomic E-state index is 0.132. The van der Waals surface area contributed by atoms with Crippen LogP contribution in [0.25, 0.3) is 11.0 Å². The maximum atomic E-state index is 13.6. The third-order valence-electron chi connectivity index (χ3n) is 5.59. The maximum Gasteiger partial charge on any atom is 0.290 e. The third kappa shape index (κ3) is 2.95. The molecule has 1 unspecified atom stereocenters. The quantitative estimate of drug-likeness (QED) is 0.628. The van der Waals surface area contributed by atoms with E-state index in [4.69, 9.17) is 13.9 Å². The predicted octanol–water partition coefficient (Wildman–Crippen LogP) is 4.38. The Labute approximate surface area is 175 Å². The van der Waals surface area contributed by atoms with Crippen molar-refractivity contribution in [2.75, 3.05) is 20.8 Å². The molecule has 156 valence electrons. The standard InChI is InChI=1S/C24H25NO5/c1-6-9-25-20(15-7-8-17(28-4)18(12-15)29-5)19-21(26)16-11-13(2)10-14(3)22(16)30-23(19)24(25)27/h7-8,10-12,20H,6,9H2,1-5H3. The van der Waals surface area contributed by atoms with Crippen LogP contribution in [-0.2, 0) is 0 Å². The summed E-state index contributed by atoms with van der Waals surface area (Å²) in [5.41, 5.74) is 3.30. The molecule has 6 heteroatoms. The Kier molecular flexibility index (Phi) is 5.02. The van der Waals surface area contributed by atoms with Gasteiger partial charge >= 0.3 is 0 Å². The lowest BCUT2D eigenvalue weighted by Gasteiger charge is -2.25. The first-order chi connectivity index (χ1) is 14.4. The van der Waals surface area contributed by atoms with Crippen molar-refractivity contribution in [2.45, 2.75) is 33.2 Å². The second kappa shape index (κ2) is 7.52. The van der Waals surface area contributed by atoms with Crippen molar-refractivity contribution in [1.82, 2.24) is 4.90 Å². The number of hydrogen-bond acceptors (Lipinski definition) is 5. The summed E-state index contributed by atoms with van der Waals surface area (Å²) in [4.78, 5) is 28.6. The molecule has 1 aromatic heterocycles. The van der Waals surface area contributed by atoms with E-state index >= 15 is 0 Å². The smallest absolute Gasteiger partial charge is 0.290 e. The maximum absolute atomic E-state index is 13.6. The molecule has 0 aliphatic carbocycles. The Balaban J connectivity index is 2.01. The van der Waals surface area contributed by atoms with Gasteiger partial charge in [-0.1, -0.05) is 19.1 Å². The van der Waals surface area contributed by atoms with Gasteiger partial charge in [0.25, 0.3) is 5.91 Å². The highest BCUT2D eigenvalue weighted by atomic mass is 16.5. The van der Waals surface area contributed by atoms with Crippen LogP contribution in [-0.4, -0.2) is 31.6 Å². The van der Waals surface area contributed by atoms with Crippen molar-refractivity contribution >= 4 is 16.9 Å². The van der Waals surface area contributed by atoms with Crippen molar-refractivity contribution in [1.29, 1.82) is 0 Å². The summed E-state index contributed by atoms with van der Waals surface area (Å²) < 4.78 is 16.9. The van der Waals surface area contributed by atoms with E-state index in [9.17, 15) is 9.59 Å². The largest absolute Gasteiger partial charge is 0.493 e. The first-order valence-corrected chi connectivity index (χ1v) is 10.0. The van der Waals surface area contributed by atoms with Crippen molar-refractivity contribution in [2.24, 2.45) is 0 Å². The van der Waals surface area contributed by atoms with Gasteiger partial charge in [-0.25, -0.2) is 0 Å². The number of carbonyl (C=O) groups is 1. The molecule has 1 amide bonds.